The molecule has 7 nitrogen and oxygen atoms in total. The molecule has 1 aliphatic carbocycles. The molecule has 1 amide bonds. The van der Waals surface area contributed by atoms with Crippen LogP contribution in [0, 0.1) is 12.7 Å². The van der Waals surface area contributed by atoms with Gasteiger partial charge in [0.15, 0.2) is 6.10 Å². The van der Waals surface area contributed by atoms with Crippen LogP contribution < -0.4 is 10.1 Å². The van der Waals surface area contributed by atoms with Crippen LogP contribution in [-0.4, -0.2) is 40.0 Å². The summed E-state index contributed by atoms with van der Waals surface area (Å²) in [6.45, 7) is 3.61. The van der Waals surface area contributed by atoms with Crippen LogP contribution in [0.5, 0.6) is 5.75 Å². The van der Waals surface area contributed by atoms with Gasteiger partial charge in [-0.2, -0.15) is 4.36 Å². The number of hydrogen-bond donors (Lipinski definition) is 1. The van der Waals surface area contributed by atoms with Gasteiger partial charge in [0.05, 0.1) is 16.9 Å². The van der Waals surface area contributed by atoms with Gasteiger partial charge in [-0.05, 0) is 56.5 Å². The fourth-order valence-corrected chi connectivity index (χ4v) is 4.45. The topological polar surface area (TPSA) is 79.7 Å². The summed E-state index contributed by atoms with van der Waals surface area (Å²) in [5, 5.41) is 4.02. The zero-order valence-electron chi connectivity index (χ0n) is 18.8. The van der Waals surface area contributed by atoms with Crippen molar-refractivity contribution in [1.29, 1.82) is 0 Å². The predicted molar refractivity (Wildman–Crippen MR) is 129 cm³/mol. The van der Waals surface area contributed by atoms with Crippen molar-refractivity contribution in [2.45, 2.75) is 51.7 Å². The third-order valence-corrected chi connectivity index (χ3v) is 6.30. The minimum absolute atomic E-state index is 0.124. The van der Waals surface area contributed by atoms with E-state index >= 15 is 0 Å². The van der Waals surface area contributed by atoms with Gasteiger partial charge in [-0.15, -0.1) is 0 Å². The first-order valence-corrected chi connectivity index (χ1v) is 11.3. The van der Waals surface area contributed by atoms with E-state index in [0.29, 0.717) is 22.7 Å². The number of nitrogens with zero attached hydrogens (tertiary/aromatic N) is 4. The number of ether oxygens (including phenoxy) is 1. The van der Waals surface area contributed by atoms with E-state index in [-0.39, 0.29) is 17.7 Å². The molecule has 1 saturated carbocycles. The molecule has 0 spiro atoms. The minimum Gasteiger partial charge on any atom is -0.479 e. The Balaban J connectivity index is 1.61. The fraction of sp³-hybridized carbons (Fsp3) is 0.375. The Hall–Kier alpha value is -3.20. The highest BCUT2D eigenvalue weighted by Crippen LogP contribution is 2.34. The number of nitrogens with one attached hydrogen (secondary N) is 1. The van der Waals surface area contributed by atoms with Gasteiger partial charge >= 0.3 is 0 Å². The second-order valence-electron chi connectivity index (χ2n) is 8.38. The molecule has 4 rings (SSSR count). The maximum atomic E-state index is 14.1. The molecular formula is C24H26FN5O2S. The van der Waals surface area contributed by atoms with Gasteiger partial charge in [0, 0.05) is 37.0 Å². The highest BCUT2D eigenvalue weighted by molar-refractivity contribution is 7.47. The number of likely N-dealkylation sites (N-methyl/N-ethyl adjacent to an activating group) is 1. The van der Waals surface area contributed by atoms with Crippen LogP contribution >= 0.6 is 0 Å². The van der Waals surface area contributed by atoms with E-state index in [1.807, 2.05) is 20.0 Å². The van der Waals surface area contributed by atoms with Gasteiger partial charge in [-0.25, -0.2) is 14.4 Å². The second-order valence-corrected chi connectivity index (χ2v) is 8.57. The summed E-state index contributed by atoms with van der Waals surface area (Å²) in [5.74, 6) is 0.185. The summed E-state index contributed by atoms with van der Waals surface area (Å²) in [4.78, 5) is 23.4. The van der Waals surface area contributed by atoms with Crippen molar-refractivity contribution in [2.75, 3.05) is 12.4 Å². The lowest BCUT2D eigenvalue weighted by Crippen LogP contribution is -2.42. The molecule has 1 N–H and O–H groups in total. The molecule has 33 heavy (non-hydrogen) atoms. The second kappa shape index (κ2) is 9.74. The van der Waals surface area contributed by atoms with Crippen LogP contribution in [0.4, 0.5) is 21.6 Å². The molecule has 0 unspecified atom stereocenters. The number of carbonyl (C=O) groups excluding carboxylic acids is 1. The third-order valence-electron chi connectivity index (χ3n) is 6.09. The zero-order chi connectivity index (χ0) is 23.5. The van der Waals surface area contributed by atoms with Gasteiger partial charge in [0.1, 0.15) is 23.7 Å². The van der Waals surface area contributed by atoms with Gasteiger partial charge in [-0.1, -0.05) is 12.8 Å². The van der Waals surface area contributed by atoms with E-state index in [2.05, 4.69) is 19.6 Å². The van der Waals surface area contributed by atoms with E-state index in [1.54, 1.807) is 24.0 Å². The van der Waals surface area contributed by atoms with Crippen LogP contribution in [0.1, 0.15) is 38.2 Å². The van der Waals surface area contributed by atoms with Gasteiger partial charge in [-0.3, -0.25) is 4.79 Å². The molecular weight excluding hydrogens is 441 g/mol. The first-order valence-electron chi connectivity index (χ1n) is 11.0. The van der Waals surface area contributed by atoms with Crippen molar-refractivity contribution in [3.8, 4) is 5.75 Å². The number of anilines is 2. The summed E-state index contributed by atoms with van der Waals surface area (Å²) < 4.78 is 23.9. The van der Waals surface area contributed by atoms with Crippen molar-refractivity contribution in [1.82, 2.24) is 14.9 Å². The van der Waals surface area contributed by atoms with E-state index in [1.165, 1.54) is 18.5 Å². The Morgan fingerprint density at radius 1 is 1.27 bits per heavy atom. The summed E-state index contributed by atoms with van der Waals surface area (Å²) in [6, 6.07) is 8.03. The first-order chi connectivity index (χ1) is 15.9. The molecule has 1 aromatic heterocycles. The number of halogens is 1. The molecule has 0 bridgehead atoms. The van der Waals surface area contributed by atoms with Gasteiger partial charge in [0.2, 0.25) is 0 Å². The number of amides is 1. The average molecular weight is 468 g/mol. The maximum Gasteiger partial charge on any atom is 0.263 e. The SMILES string of the molecule is Cc1cc(N=S)cc2ncnc(Nc3ccc(F)cc3O[C@H](C)C(=O)N(C)C3CCCC3)c12. The van der Waals surface area contributed by atoms with Gasteiger partial charge < -0.3 is 15.0 Å². The quantitative estimate of drug-likeness (QED) is 0.505. The predicted octanol–water partition coefficient (Wildman–Crippen LogP) is 5.35. The van der Waals surface area contributed by atoms with Crippen molar-refractivity contribution in [3.63, 3.8) is 0 Å². The lowest BCUT2D eigenvalue weighted by molar-refractivity contribution is -0.138. The van der Waals surface area contributed by atoms with E-state index in [4.69, 9.17) is 17.2 Å². The largest absolute Gasteiger partial charge is 0.479 e. The Morgan fingerprint density at radius 2 is 2.03 bits per heavy atom. The van der Waals surface area contributed by atoms with Crippen molar-refractivity contribution in [2.24, 2.45) is 4.36 Å². The number of hydrogen-bond acceptors (Lipinski definition) is 7. The lowest BCUT2D eigenvalue weighted by Gasteiger charge is -2.28. The molecule has 2 aromatic carbocycles. The monoisotopic (exact) mass is 467 g/mol. The molecule has 3 aromatic rings. The number of carbonyl (C=O) groups is 1. The summed E-state index contributed by atoms with van der Waals surface area (Å²) in [6.07, 6.45) is 4.93. The third kappa shape index (κ3) is 4.93. The number of fused-ring (bicyclic) bond motifs is 1. The van der Waals surface area contributed by atoms with Crippen LogP contribution in [0.3, 0.4) is 0 Å². The Morgan fingerprint density at radius 3 is 2.76 bits per heavy atom. The van der Waals surface area contributed by atoms with Crippen LogP contribution in [0.25, 0.3) is 10.9 Å². The summed E-state index contributed by atoms with van der Waals surface area (Å²) in [7, 11) is 1.81. The average Bonchev–Trinajstić information content (AvgIpc) is 3.34. The Labute approximate surface area is 197 Å². The Kier molecular flexibility index (Phi) is 6.78. The number of benzene rings is 2. The minimum atomic E-state index is -0.766. The van der Waals surface area contributed by atoms with E-state index < -0.39 is 11.9 Å². The van der Waals surface area contributed by atoms with Crippen LogP contribution in [0.15, 0.2) is 41.0 Å². The zero-order valence-corrected chi connectivity index (χ0v) is 19.7. The van der Waals surface area contributed by atoms with E-state index in [0.717, 1.165) is 36.6 Å². The smallest absolute Gasteiger partial charge is 0.263 e. The highest BCUT2D eigenvalue weighted by Gasteiger charge is 2.28. The van der Waals surface area contributed by atoms with Crippen molar-refractivity contribution < 1.29 is 13.9 Å². The van der Waals surface area contributed by atoms with Crippen molar-refractivity contribution in [3.05, 3.63) is 48.0 Å². The lowest BCUT2D eigenvalue weighted by atomic mass is 10.1. The first kappa shape index (κ1) is 23.0. The Bertz CT molecular complexity index is 1200. The molecule has 1 aliphatic rings. The molecule has 0 radical (unpaired) electrons. The van der Waals surface area contributed by atoms with E-state index in [9.17, 15) is 9.18 Å². The molecule has 0 saturated heterocycles. The molecule has 172 valence electrons. The number of rotatable bonds is 7. The fourth-order valence-electron chi connectivity index (χ4n) is 4.34. The normalized spacial score (nSPS) is 14.8. The molecule has 1 atom stereocenters. The van der Waals surface area contributed by atoms with Crippen LogP contribution in [-0.2, 0) is 17.2 Å². The standard InChI is InChI=1S/C24H26FN5O2S/c1-14-10-17(29-33)12-20-22(14)23(27-13-26-20)28-19-9-8-16(25)11-21(19)32-15(2)24(31)30(3)18-6-4-5-7-18/h8-13,15,18H,4-7H2,1-3H3,(H,26,27,28)/t15-/m1/s1. The molecule has 1 fully saturated rings. The number of aromatic nitrogens is 2. The molecule has 9 heteroatoms. The summed E-state index contributed by atoms with van der Waals surface area (Å²) >= 11 is 4.81. The van der Waals surface area contributed by atoms with Crippen LogP contribution in [0.2, 0.25) is 0 Å². The molecule has 0 aliphatic heterocycles. The number of aryl methyl sites for hydroxylation is 1. The maximum absolute atomic E-state index is 14.1. The van der Waals surface area contributed by atoms with Gasteiger partial charge in [0.25, 0.3) is 5.91 Å². The molecule has 1 heterocycles. The summed E-state index contributed by atoms with van der Waals surface area (Å²) in [5.41, 5.74) is 2.72. The highest BCUT2D eigenvalue weighted by atomic mass is 32.1. The van der Waals surface area contributed by atoms with Crippen molar-refractivity contribution >= 4 is 46.4 Å².